The summed E-state index contributed by atoms with van der Waals surface area (Å²) in [4.78, 5) is 45.6. The van der Waals surface area contributed by atoms with Gasteiger partial charge in [-0.05, 0) is 56.7 Å². The van der Waals surface area contributed by atoms with E-state index in [2.05, 4.69) is 0 Å². The number of likely N-dealkylation sites (tertiary alicyclic amines) is 1. The Morgan fingerprint density at radius 1 is 1.08 bits per heavy atom. The topological polar surface area (TPSA) is 96.4 Å². The highest BCUT2D eigenvalue weighted by atomic mass is 16.6. The average molecular weight is 523 g/mol. The number of nitrogens with zero attached hydrogens (tertiary/aromatic N) is 2. The fourth-order valence-electron chi connectivity index (χ4n) is 6.87. The maximum Gasteiger partial charge on any atom is 0.313 e. The molecule has 2 saturated heterocycles. The SMILES string of the molecule is Cc1ccc(C)c(N2CC=C[C@]34O[C@]5(C)C=CCCOC(=O)[C@@H]5[C@H]3C(=O)N([C@@H](CO)CC(C)C)C4C2=O)c1. The van der Waals surface area contributed by atoms with Crippen molar-refractivity contribution in [2.24, 2.45) is 17.8 Å². The monoisotopic (exact) mass is 522 g/mol. The zero-order valence-electron chi connectivity index (χ0n) is 22.8. The van der Waals surface area contributed by atoms with Gasteiger partial charge in [0.2, 0.25) is 5.91 Å². The molecule has 2 amide bonds. The number of aliphatic hydroxyl groups is 1. The molecule has 1 aromatic rings. The molecule has 6 atom stereocenters. The summed E-state index contributed by atoms with van der Waals surface area (Å²) in [5.41, 5.74) is 0.231. The van der Waals surface area contributed by atoms with E-state index >= 15 is 0 Å². The molecule has 8 heteroatoms. The van der Waals surface area contributed by atoms with E-state index in [1.807, 2.05) is 70.2 Å². The minimum absolute atomic E-state index is 0.170. The molecule has 204 valence electrons. The molecule has 5 rings (SSSR count). The van der Waals surface area contributed by atoms with Gasteiger partial charge in [0, 0.05) is 12.2 Å². The van der Waals surface area contributed by atoms with E-state index in [0.717, 1.165) is 16.8 Å². The van der Waals surface area contributed by atoms with Gasteiger partial charge in [-0.25, -0.2) is 0 Å². The Kier molecular flexibility index (Phi) is 6.76. The Morgan fingerprint density at radius 2 is 1.84 bits per heavy atom. The summed E-state index contributed by atoms with van der Waals surface area (Å²) in [5, 5.41) is 10.5. The molecule has 1 N–H and O–H groups in total. The minimum Gasteiger partial charge on any atom is -0.465 e. The third kappa shape index (κ3) is 4.00. The Bertz CT molecular complexity index is 1210. The number of aliphatic hydroxyl groups excluding tert-OH is 1. The standard InChI is InChI=1S/C30H38N2O6/c1-18(2)15-21(17-33)32-25-27(35)31(22-16-19(3)9-10-20(22)4)13-8-12-30(25)23(26(32)34)24-28(36)37-14-7-6-11-29(24,5)38-30/h6,8-12,16,18,21,23-25,33H,7,13-15,17H2,1-5H3/t21-,23+,24+,25?,29-,30+/m1/s1. The summed E-state index contributed by atoms with van der Waals surface area (Å²) in [5.74, 6) is -2.82. The minimum atomic E-state index is -1.38. The molecule has 38 heavy (non-hydrogen) atoms. The summed E-state index contributed by atoms with van der Waals surface area (Å²) < 4.78 is 12.3. The highest BCUT2D eigenvalue weighted by Gasteiger charge is 2.75. The van der Waals surface area contributed by atoms with Crippen LogP contribution in [-0.4, -0.2) is 70.8 Å². The second-order valence-electron chi connectivity index (χ2n) is 11.7. The Morgan fingerprint density at radius 3 is 2.55 bits per heavy atom. The van der Waals surface area contributed by atoms with Crippen LogP contribution < -0.4 is 4.90 Å². The van der Waals surface area contributed by atoms with Crippen LogP contribution in [0.1, 0.15) is 44.7 Å². The predicted octanol–water partition coefficient (Wildman–Crippen LogP) is 3.09. The van der Waals surface area contributed by atoms with Crippen LogP contribution in [0.3, 0.4) is 0 Å². The lowest BCUT2D eigenvalue weighted by molar-refractivity contribution is -0.160. The summed E-state index contributed by atoms with van der Waals surface area (Å²) in [6.45, 7) is 9.99. The van der Waals surface area contributed by atoms with Gasteiger partial charge in [0.25, 0.3) is 5.91 Å². The summed E-state index contributed by atoms with van der Waals surface area (Å²) in [7, 11) is 0. The molecule has 0 aliphatic carbocycles. The summed E-state index contributed by atoms with van der Waals surface area (Å²) in [6.07, 6.45) is 8.52. The third-order valence-electron chi connectivity index (χ3n) is 8.46. The highest BCUT2D eigenvalue weighted by molar-refractivity contribution is 6.06. The maximum atomic E-state index is 14.6. The van der Waals surface area contributed by atoms with Crippen molar-refractivity contribution in [1.29, 1.82) is 0 Å². The number of hydrogen-bond acceptors (Lipinski definition) is 6. The van der Waals surface area contributed by atoms with E-state index in [-0.39, 0.29) is 30.9 Å². The molecule has 0 bridgehead atoms. The van der Waals surface area contributed by atoms with Crippen LogP contribution in [0.2, 0.25) is 0 Å². The number of anilines is 1. The van der Waals surface area contributed by atoms with E-state index in [0.29, 0.717) is 19.4 Å². The third-order valence-corrected chi connectivity index (χ3v) is 8.46. The lowest BCUT2D eigenvalue weighted by Crippen LogP contribution is -2.59. The van der Waals surface area contributed by atoms with Gasteiger partial charge in [0.1, 0.15) is 17.6 Å². The number of cyclic esters (lactones) is 1. The Labute approximate surface area is 224 Å². The van der Waals surface area contributed by atoms with Crippen LogP contribution in [-0.2, 0) is 23.9 Å². The summed E-state index contributed by atoms with van der Waals surface area (Å²) in [6, 6.07) is 4.31. The molecule has 0 saturated carbocycles. The predicted molar refractivity (Wildman–Crippen MR) is 142 cm³/mol. The van der Waals surface area contributed by atoms with Gasteiger partial charge in [0.05, 0.1) is 30.8 Å². The van der Waals surface area contributed by atoms with Gasteiger partial charge in [-0.1, -0.05) is 50.3 Å². The van der Waals surface area contributed by atoms with Crippen LogP contribution >= 0.6 is 0 Å². The van der Waals surface area contributed by atoms with Crippen LogP contribution in [0.15, 0.2) is 42.5 Å². The zero-order chi connectivity index (χ0) is 27.4. The van der Waals surface area contributed by atoms with E-state index in [9.17, 15) is 19.5 Å². The molecule has 4 aliphatic heterocycles. The smallest absolute Gasteiger partial charge is 0.313 e. The van der Waals surface area contributed by atoms with Crippen molar-refractivity contribution in [1.82, 2.24) is 4.90 Å². The number of ether oxygens (including phenoxy) is 2. The number of aryl methyl sites for hydroxylation is 2. The maximum absolute atomic E-state index is 14.6. The Hall–Kier alpha value is -2.97. The van der Waals surface area contributed by atoms with Crippen molar-refractivity contribution in [2.75, 3.05) is 24.7 Å². The van der Waals surface area contributed by atoms with Crippen molar-refractivity contribution in [3.05, 3.63) is 53.6 Å². The van der Waals surface area contributed by atoms with Crippen LogP contribution in [0, 0.1) is 31.6 Å². The van der Waals surface area contributed by atoms with Gasteiger partial charge < -0.3 is 24.4 Å². The molecule has 4 heterocycles. The number of carbonyl (C=O) groups is 3. The number of fused-ring (bicyclic) bond motifs is 2. The molecular weight excluding hydrogens is 484 g/mol. The molecule has 1 aromatic carbocycles. The van der Waals surface area contributed by atoms with Crippen LogP contribution in [0.4, 0.5) is 5.69 Å². The van der Waals surface area contributed by atoms with E-state index in [1.54, 1.807) is 11.8 Å². The number of carbonyl (C=O) groups excluding carboxylic acids is 3. The molecule has 8 nitrogen and oxygen atoms in total. The first-order valence-corrected chi connectivity index (χ1v) is 13.6. The molecule has 0 radical (unpaired) electrons. The van der Waals surface area contributed by atoms with Gasteiger partial charge >= 0.3 is 5.97 Å². The number of rotatable bonds is 5. The first kappa shape index (κ1) is 26.6. The lowest BCUT2D eigenvalue weighted by Gasteiger charge is -2.40. The number of esters is 1. The number of amides is 2. The number of benzene rings is 1. The molecule has 4 aliphatic rings. The average Bonchev–Trinajstić information content (AvgIpc) is 3.18. The first-order valence-electron chi connectivity index (χ1n) is 13.6. The fraction of sp³-hybridized carbons (Fsp3) is 0.567. The van der Waals surface area contributed by atoms with Gasteiger partial charge in [-0.3, -0.25) is 14.4 Å². The largest absolute Gasteiger partial charge is 0.465 e. The Balaban J connectivity index is 1.70. The summed E-state index contributed by atoms with van der Waals surface area (Å²) >= 11 is 0. The van der Waals surface area contributed by atoms with Crippen molar-refractivity contribution in [3.63, 3.8) is 0 Å². The van der Waals surface area contributed by atoms with Crippen molar-refractivity contribution < 1.29 is 29.0 Å². The van der Waals surface area contributed by atoms with E-state index in [4.69, 9.17) is 9.47 Å². The van der Waals surface area contributed by atoms with E-state index < -0.39 is 41.1 Å². The quantitative estimate of drug-likeness (QED) is 0.472. The van der Waals surface area contributed by atoms with Crippen molar-refractivity contribution in [2.45, 2.75) is 70.7 Å². The van der Waals surface area contributed by atoms with E-state index in [1.165, 1.54) is 4.90 Å². The van der Waals surface area contributed by atoms with Crippen molar-refractivity contribution >= 4 is 23.5 Å². The highest BCUT2D eigenvalue weighted by Crippen LogP contribution is 2.58. The van der Waals surface area contributed by atoms with Crippen LogP contribution in [0.25, 0.3) is 0 Å². The van der Waals surface area contributed by atoms with Crippen LogP contribution in [0.5, 0.6) is 0 Å². The molecule has 1 spiro atoms. The second kappa shape index (κ2) is 9.65. The zero-order valence-corrected chi connectivity index (χ0v) is 22.8. The number of hydrogen-bond donors (Lipinski definition) is 1. The van der Waals surface area contributed by atoms with Crippen molar-refractivity contribution in [3.8, 4) is 0 Å². The second-order valence-corrected chi connectivity index (χ2v) is 11.7. The van der Waals surface area contributed by atoms with Gasteiger partial charge in [0.15, 0.2) is 0 Å². The molecule has 2 fully saturated rings. The fourth-order valence-corrected chi connectivity index (χ4v) is 6.87. The molecule has 1 unspecified atom stereocenters. The molecule has 0 aromatic heterocycles. The first-order chi connectivity index (χ1) is 18.0. The lowest BCUT2D eigenvalue weighted by atomic mass is 9.74. The molecular formula is C30H38N2O6. The normalized spacial score (nSPS) is 33.4. The van der Waals surface area contributed by atoms with Gasteiger partial charge in [-0.15, -0.1) is 0 Å². The van der Waals surface area contributed by atoms with Gasteiger partial charge in [-0.2, -0.15) is 0 Å².